The van der Waals surface area contributed by atoms with Gasteiger partial charge in [-0.3, -0.25) is 9.59 Å². The third-order valence-electron chi connectivity index (χ3n) is 5.40. The van der Waals surface area contributed by atoms with Crippen molar-refractivity contribution in [3.63, 3.8) is 0 Å². The molecular formula is C26H22FNO6. The van der Waals surface area contributed by atoms with Crippen molar-refractivity contribution in [3.05, 3.63) is 82.9 Å². The lowest BCUT2D eigenvalue weighted by Gasteiger charge is -2.14. The second-order valence-electron chi connectivity index (χ2n) is 7.46. The minimum absolute atomic E-state index is 0.102. The van der Waals surface area contributed by atoms with Gasteiger partial charge in [-0.05, 0) is 42.8 Å². The van der Waals surface area contributed by atoms with Crippen molar-refractivity contribution in [2.24, 2.45) is 0 Å². The smallest absolute Gasteiger partial charge is 0.256 e. The maximum Gasteiger partial charge on any atom is 0.256 e. The number of aryl methyl sites for hydroxylation is 1. The fraction of sp³-hybridized carbons (Fsp3) is 0.154. The standard InChI is InChI=1S/C26H22FNO6/c1-14-9-10-15(11-18(14)27)23(29)25-22(17-7-5-6-8-19(17)34-25)28-26(30)16-12-20(31-2)24(33-4)21(13-16)32-3/h5-13H,1-4H3,(H,28,30). The number of benzene rings is 3. The normalized spacial score (nSPS) is 10.7. The van der Waals surface area contributed by atoms with Crippen LogP contribution in [-0.4, -0.2) is 33.0 Å². The van der Waals surface area contributed by atoms with E-state index in [4.69, 9.17) is 18.6 Å². The summed E-state index contributed by atoms with van der Waals surface area (Å²) in [5.74, 6) is -0.765. The van der Waals surface area contributed by atoms with Crippen LogP contribution in [0.1, 0.15) is 32.0 Å². The van der Waals surface area contributed by atoms with Gasteiger partial charge in [-0.25, -0.2) is 4.39 Å². The second kappa shape index (κ2) is 9.27. The molecule has 0 aliphatic rings. The molecule has 0 fully saturated rings. The van der Waals surface area contributed by atoms with E-state index in [9.17, 15) is 14.0 Å². The summed E-state index contributed by atoms with van der Waals surface area (Å²) >= 11 is 0. The van der Waals surface area contributed by atoms with E-state index in [1.165, 1.54) is 45.6 Å². The van der Waals surface area contributed by atoms with E-state index in [1.807, 2.05) is 0 Å². The highest BCUT2D eigenvalue weighted by Gasteiger charge is 2.25. The Hall–Kier alpha value is -4.33. The average molecular weight is 463 g/mol. The topological polar surface area (TPSA) is 87.0 Å². The molecule has 0 aliphatic carbocycles. The van der Waals surface area contributed by atoms with Gasteiger partial charge in [-0.2, -0.15) is 0 Å². The van der Waals surface area contributed by atoms with Crippen LogP contribution in [0.5, 0.6) is 17.2 Å². The molecule has 1 amide bonds. The van der Waals surface area contributed by atoms with E-state index in [0.29, 0.717) is 33.8 Å². The van der Waals surface area contributed by atoms with Gasteiger partial charge >= 0.3 is 0 Å². The number of ketones is 1. The van der Waals surface area contributed by atoms with E-state index in [-0.39, 0.29) is 22.6 Å². The first-order chi connectivity index (χ1) is 16.4. The zero-order valence-corrected chi connectivity index (χ0v) is 19.0. The second-order valence-corrected chi connectivity index (χ2v) is 7.46. The summed E-state index contributed by atoms with van der Waals surface area (Å²) in [6.45, 7) is 1.60. The Kier molecular flexibility index (Phi) is 6.23. The number of furan rings is 1. The van der Waals surface area contributed by atoms with E-state index in [2.05, 4.69) is 5.32 Å². The fourth-order valence-electron chi connectivity index (χ4n) is 3.59. The van der Waals surface area contributed by atoms with E-state index >= 15 is 0 Å². The quantitative estimate of drug-likeness (QED) is 0.370. The average Bonchev–Trinajstić information content (AvgIpc) is 3.22. The van der Waals surface area contributed by atoms with Gasteiger partial charge in [0.25, 0.3) is 5.91 Å². The number of ether oxygens (including phenoxy) is 3. The van der Waals surface area contributed by atoms with Crippen LogP contribution in [0.2, 0.25) is 0 Å². The lowest BCUT2D eigenvalue weighted by atomic mass is 10.0. The number of anilines is 1. The zero-order valence-electron chi connectivity index (χ0n) is 19.0. The number of methoxy groups -OCH3 is 3. The van der Waals surface area contributed by atoms with Gasteiger partial charge < -0.3 is 23.9 Å². The number of fused-ring (bicyclic) bond motifs is 1. The minimum Gasteiger partial charge on any atom is -0.493 e. The molecule has 4 aromatic rings. The molecule has 1 heterocycles. The Morgan fingerprint density at radius 1 is 0.882 bits per heavy atom. The zero-order chi connectivity index (χ0) is 24.4. The number of nitrogens with one attached hydrogen (secondary N) is 1. The molecule has 7 nitrogen and oxygen atoms in total. The molecule has 0 spiro atoms. The molecule has 0 unspecified atom stereocenters. The van der Waals surface area contributed by atoms with Crippen LogP contribution in [0.3, 0.4) is 0 Å². The van der Waals surface area contributed by atoms with Gasteiger partial charge in [-0.1, -0.05) is 24.3 Å². The number of hydrogen-bond acceptors (Lipinski definition) is 6. The summed E-state index contributed by atoms with van der Waals surface area (Å²) in [6, 6.07) is 14.1. The number of carbonyl (C=O) groups excluding carboxylic acids is 2. The summed E-state index contributed by atoms with van der Waals surface area (Å²) in [5, 5.41) is 3.29. The van der Waals surface area contributed by atoms with E-state index < -0.39 is 17.5 Å². The van der Waals surface area contributed by atoms with Crippen LogP contribution in [0.4, 0.5) is 10.1 Å². The van der Waals surface area contributed by atoms with E-state index in [1.54, 1.807) is 31.2 Å². The van der Waals surface area contributed by atoms with Gasteiger partial charge in [0.2, 0.25) is 11.5 Å². The Bertz CT molecular complexity index is 1380. The van der Waals surface area contributed by atoms with Crippen molar-refractivity contribution < 1.29 is 32.6 Å². The minimum atomic E-state index is -0.560. The largest absolute Gasteiger partial charge is 0.493 e. The van der Waals surface area contributed by atoms with Crippen molar-refractivity contribution in [1.29, 1.82) is 0 Å². The van der Waals surface area contributed by atoms with Crippen LogP contribution in [0.25, 0.3) is 11.0 Å². The Morgan fingerprint density at radius 2 is 1.56 bits per heavy atom. The van der Waals surface area contributed by atoms with Gasteiger partial charge in [0.1, 0.15) is 11.4 Å². The van der Waals surface area contributed by atoms with E-state index in [0.717, 1.165) is 6.07 Å². The highest BCUT2D eigenvalue weighted by Crippen LogP contribution is 2.39. The molecule has 0 radical (unpaired) electrons. The Labute approximate surface area is 195 Å². The lowest BCUT2D eigenvalue weighted by Crippen LogP contribution is -2.15. The number of halogens is 1. The molecule has 0 aliphatic heterocycles. The highest BCUT2D eigenvalue weighted by molar-refractivity contribution is 6.19. The van der Waals surface area contributed by atoms with Crippen LogP contribution in [-0.2, 0) is 0 Å². The molecule has 174 valence electrons. The summed E-state index contributed by atoms with van der Waals surface area (Å²) in [4.78, 5) is 26.5. The van der Waals surface area contributed by atoms with Gasteiger partial charge in [-0.15, -0.1) is 0 Å². The van der Waals surface area contributed by atoms with Gasteiger partial charge in [0.15, 0.2) is 17.3 Å². The first-order valence-corrected chi connectivity index (χ1v) is 10.3. The molecule has 0 atom stereocenters. The summed E-state index contributed by atoms with van der Waals surface area (Å²) < 4.78 is 35.8. The van der Waals surface area contributed by atoms with Crippen molar-refractivity contribution in [3.8, 4) is 17.2 Å². The van der Waals surface area contributed by atoms with Crippen LogP contribution in [0.15, 0.2) is 59.0 Å². The summed E-state index contributed by atoms with van der Waals surface area (Å²) in [6.07, 6.45) is 0. The van der Waals surface area contributed by atoms with Crippen molar-refractivity contribution in [2.75, 3.05) is 26.6 Å². The number of carbonyl (C=O) groups is 2. The first-order valence-electron chi connectivity index (χ1n) is 10.3. The summed E-state index contributed by atoms with van der Waals surface area (Å²) in [5.41, 5.74) is 1.31. The summed E-state index contributed by atoms with van der Waals surface area (Å²) in [7, 11) is 4.35. The third kappa shape index (κ3) is 4.05. The SMILES string of the molecule is COc1cc(C(=O)Nc2c(C(=O)c3ccc(C)c(F)c3)oc3ccccc23)cc(OC)c1OC. The van der Waals surface area contributed by atoms with Crippen LogP contribution in [0, 0.1) is 12.7 Å². The Balaban J connectivity index is 1.78. The molecule has 1 N–H and O–H groups in total. The van der Waals surface area contributed by atoms with Crippen molar-refractivity contribution in [2.45, 2.75) is 6.92 Å². The molecule has 8 heteroatoms. The van der Waals surface area contributed by atoms with Crippen LogP contribution >= 0.6 is 0 Å². The molecular weight excluding hydrogens is 441 g/mol. The van der Waals surface area contributed by atoms with Crippen LogP contribution < -0.4 is 19.5 Å². The molecule has 0 bridgehead atoms. The van der Waals surface area contributed by atoms with Gasteiger partial charge in [0.05, 0.1) is 27.0 Å². The predicted molar refractivity (Wildman–Crippen MR) is 125 cm³/mol. The first kappa shape index (κ1) is 22.8. The molecule has 34 heavy (non-hydrogen) atoms. The van der Waals surface area contributed by atoms with Gasteiger partial charge in [0, 0.05) is 16.5 Å². The number of para-hydroxylation sites is 1. The maximum atomic E-state index is 14.1. The number of hydrogen-bond donors (Lipinski definition) is 1. The van der Waals surface area contributed by atoms with Crippen molar-refractivity contribution >= 4 is 28.3 Å². The molecule has 0 saturated heterocycles. The predicted octanol–water partition coefficient (Wildman–Crippen LogP) is 5.39. The molecule has 0 saturated carbocycles. The number of rotatable bonds is 7. The van der Waals surface area contributed by atoms with Crippen molar-refractivity contribution in [1.82, 2.24) is 0 Å². The number of amides is 1. The highest BCUT2D eigenvalue weighted by atomic mass is 19.1. The molecule has 4 rings (SSSR count). The lowest BCUT2D eigenvalue weighted by molar-refractivity contribution is 0.101. The fourth-order valence-corrected chi connectivity index (χ4v) is 3.59. The monoisotopic (exact) mass is 463 g/mol. The molecule has 3 aromatic carbocycles. The third-order valence-corrected chi connectivity index (χ3v) is 5.40. The Morgan fingerprint density at radius 3 is 2.18 bits per heavy atom. The molecule has 1 aromatic heterocycles. The maximum absolute atomic E-state index is 14.1.